The molecule has 152 valence electrons. The number of hydrogen-bond acceptors (Lipinski definition) is 5. The van der Waals surface area contributed by atoms with Crippen LogP contribution in [0, 0.1) is 5.41 Å². The number of nitrogens with one attached hydrogen (secondary N) is 1. The maximum absolute atomic E-state index is 12.3. The van der Waals surface area contributed by atoms with Gasteiger partial charge in [-0.3, -0.25) is 0 Å². The van der Waals surface area contributed by atoms with Crippen molar-refractivity contribution >= 4 is 12.2 Å². The molecule has 7 nitrogen and oxygen atoms in total. The number of carbonyl (C=O) groups excluding carboxylic acids is 2. The van der Waals surface area contributed by atoms with Gasteiger partial charge in [0, 0.05) is 13.7 Å². The monoisotopic (exact) mass is 372 g/mol. The topological polar surface area (TPSA) is 77.1 Å². The van der Waals surface area contributed by atoms with Crippen molar-refractivity contribution in [1.29, 1.82) is 0 Å². The van der Waals surface area contributed by atoms with E-state index in [9.17, 15) is 9.59 Å². The Labute approximate surface area is 157 Å². The Morgan fingerprint density at radius 2 is 1.58 bits per heavy atom. The van der Waals surface area contributed by atoms with Crippen LogP contribution in [0.15, 0.2) is 0 Å². The molecule has 1 fully saturated rings. The molecule has 0 unspecified atom stereocenters. The molecule has 0 aromatic heterocycles. The zero-order chi connectivity index (χ0) is 20.3. The molecular weight excluding hydrogens is 336 g/mol. The lowest BCUT2D eigenvalue weighted by Crippen LogP contribution is -2.47. The number of methoxy groups -OCH3 is 1. The first-order valence-electron chi connectivity index (χ1n) is 9.12. The Kier molecular flexibility index (Phi) is 6.96. The van der Waals surface area contributed by atoms with Crippen LogP contribution in [0.4, 0.5) is 9.59 Å². The van der Waals surface area contributed by atoms with Gasteiger partial charge in [-0.05, 0) is 46.5 Å². The lowest BCUT2D eigenvalue weighted by Gasteiger charge is -2.32. The van der Waals surface area contributed by atoms with E-state index in [1.54, 1.807) is 12.0 Å². The Hall–Kier alpha value is -1.50. The number of amides is 2. The van der Waals surface area contributed by atoms with Gasteiger partial charge in [-0.15, -0.1) is 0 Å². The zero-order valence-corrected chi connectivity index (χ0v) is 17.8. The van der Waals surface area contributed by atoms with Gasteiger partial charge in [-0.1, -0.05) is 20.8 Å². The van der Waals surface area contributed by atoms with E-state index in [-0.39, 0.29) is 17.6 Å². The molecule has 0 aromatic carbocycles. The van der Waals surface area contributed by atoms with Crippen LogP contribution in [0.5, 0.6) is 0 Å². The molecule has 1 heterocycles. The van der Waals surface area contributed by atoms with Crippen LogP contribution in [0.2, 0.25) is 0 Å². The second kappa shape index (κ2) is 8.03. The molecule has 7 heteroatoms. The summed E-state index contributed by atoms with van der Waals surface area (Å²) >= 11 is 0. The molecule has 26 heavy (non-hydrogen) atoms. The normalized spacial score (nSPS) is 21.5. The maximum Gasteiger partial charge on any atom is 0.410 e. The van der Waals surface area contributed by atoms with Gasteiger partial charge in [0.25, 0.3) is 0 Å². The molecule has 0 radical (unpaired) electrons. The highest BCUT2D eigenvalue weighted by Gasteiger charge is 2.39. The Morgan fingerprint density at radius 3 is 2.04 bits per heavy atom. The van der Waals surface area contributed by atoms with Crippen LogP contribution >= 0.6 is 0 Å². The fourth-order valence-electron chi connectivity index (χ4n) is 3.37. The van der Waals surface area contributed by atoms with Crippen LogP contribution in [0.25, 0.3) is 0 Å². The van der Waals surface area contributed by atoms with E-state index in [0.29, 0.717) is 13.1 Å². The van der Waals surface area contributed by atoms with E-state index in [2.05, 4.69) is 26.1 Å². The van der Waals surface area contributed by atoms with E-state index in [1.807, 2.05) is 34.6 Å². The third-order valence-corrected chi connectivity index (χ3v) is 3.85. The van der Waals surface area contributed by atoms with Gasteiger partial charge in [-0.2, -0.15) is 0 Å². The summed E-state index contributed by atoms with van der Waals surface area (Å²) < 4.78 is 16.4. The van der Waals surface area contributed by atoms with Crippen molar-refractivity contribution < 1.29 is 23.8 Å². The summed E-state index contributed by atoms with van der Waals surface area (Å²) in [4.78, 5) is 26.1. The van der Waals surface area contributed by atoms with Crippen molar-refractivity contribution in [2.45, 2.75) is 85.2 Å². The first kappa shape index (κ1) is 22.5. The molecule has 0 spiro atoms. The van der Waals surface area contributed by atoms with Crippen LogP contribution in [-0.4, -0.2) is 60.6 Å². The first-order chi connectivity index (χ1) is 11.6. The number of alkyl carbamates (subject to hydrolysis) is 1. The van der Waals surface area contributed by atoms with E-state index in [4.69, 9.17) is 14.2 Å². The summed E-state index contributed by atoms with van der Waals surface area (Å²) in [6, 6.07) is -0.342. The largest absolute Gasteiger partial charge is 0.444 e. The van der Waals surface area contributed by atoms with Gasteiger partial charge in [0.05, 0.1) is 18.7 Å². The van der Waals surface area contributed by atoms with Crippen molar-refractivity contribution in [1.82, 2.24) is 10.2 Å². The number of carbonyl (C=O) groups is 2. The van der Waals surface area contributed by atoms with Crippen molar-refractivity contribution in [2.24, 2.45) is 5.41 Å². The average molecular weight is 373 g/mol. The average Bonchev–Trinajstić information content (AvgIpc) is 2.75. The summed E-state index contributed by atoms with van der Waals surface area (Å²) in [6.07, 6.45) is -0.487. The molecule has 1 aliphatic rings. The number of likely N-dealkylation sites (tertiary alicyclic amines) is 1. The van der Waals surface area contributed by atoms with E-state index in [0.717, 1.165) is 6.42 Å². The highest BCUT2D eigenvalue weighted by molar-refractivity contribution is 5.70. The summed E-state index contributed by atoms with van der Waals surface area (Å²) in [5, 5.41) is 2.83. The van der Waals surface area contributed by atoms with Gasteiger partial charge in [0.15, 0.2) is 0 Å². The summed E-state index contributed by atoms with van der Waals surface area (Å²) in [7, 11) is 1.56. The fourth-order valence-corrected chi connectivity index (χ4v) is 3.37. The second-order valence-corrected chi connectivity index (χ2v) is 9.80. The minimum atomic E-state index is -0.589. The Balaban J connectivity index is 2.65. The lowest BCUT2D eigenvalue weighted by atomic mass is 9.84. The van der Waals surface area contributed by atoms with Crippen molar-refractivity contribution in [3.8, 4) is 0 Å². The standard InChI is InChI=1S/C19H36N2O5/c1-17(2,3)12-19(7,8)25-15(22)20-13-10-21(11-14(13)24-9)16(23)26-18(4,5)6/h13-14H,10-12H2,1-9H3,(H,20,22)/t13-,14-/m0/s1. The van der Waals surface area contributed by atoms with Crippen LogP contribution in [-0.2, 0) is 14.2 Å². The predicted molar refractivity (Wildman–Crippen MR) is 100 cm³/mol. The molecule has 0 bridgehead atoms. The van der Waals surface area contributed by atoms with E-state index < -0.39 is 23.4 Å². The number of nitrogens with zero attached hydrogens (tertiary/aromatic N) is 1. The number of ether oxygens (including phenoxy) is 3. The molecule has 2 atom stereocenters. The van der Waals surface area contributed by atoms with Gasteiger partial charge in [0.2, 0.25) is 0 Å². The SMILES string of the molecule is CO[C@H]1CN(C(=O)OC(C)(C)C)C[C@@H]1NC(=O)OC(C)(C)CC(C)(C)C. The molecule has 1 N–H and O–H groups in total. The molecule has 1 saturated heterocycles. The van der Waals surface area contributed by atoms with Gasteiger partial charge < -0.3 is 24.4 Å². The van der Waals surface area contributed by atoms with E-state index >= 15 is 0 Å². The minimum absolute atomic E-state index is 0.0414. The van der Waals surface area contributed by atoms with Gasteiger partial charge >= 0.3 is 12.2 Å². The molecule has 0 aromatic rings. The highest BCUT2D eigenvalue weighted by Crippen LogP contribution is 2.29. The lowest BCUT2D eigenvalue weighted by molar-refractivity contribution is 0.00500. The molecule has 1 rings (SSSR count). The van der Waals surface area contributed by atoms with Crippen molar-refractivity contribution in [3.63, 3.8) is 0 Å². The Bertz CT molecular complexity index is 505. The maximum atomic E-state index is 12.3. The fraction of sp³-hybridized carbons (Fsp3) is 0.895. The van der Waals surface area contributed by atoms with Gasteiger partial charge in [-0.25, -0.2) is 9.59 Å². The molecule has 0 aliphatic carbocycles. The van der Waals surface area contributed by atoms with Crippen LogP contribution < -0.4 is 5.32 Å². The highest BCUT2D eigenvalue weighted by atomic mass is 16.6. The Morgan fingerprint density at radius 1 is 1.00 bits per heavy atom. The summed E-state index contributed by atoms with van der Waals surface area (Å²) in [5.41, 5.74) is -1.12. The molecule has 2 amide bonds. The van der Waals surface area contributed by atoms with E-state index in [1.165, 1.54) is 0 Å². The number of rotatable bonds is 4. The molecular formula is C19H36N2O5. The second-order valence-electron chi connectivity index (χ2n) is 9.80. The summed E-state index contributed by atoms with van der Waals surface area (Å²) in [5.74, 6) is 0. The molecule has 0 saturated carbocycles. The third kappa shape index (κ3) is 7.81. The van der Waals surface area contributed by atoms with Crippen molar-refractivity contribution in [3.05, 3.63) is 0 Å². The van der Waals surface area contributed by atoms with Crippen LogP contribution in [0.3, 0.4) is 0 Å². The first-order valence-corrected chi connectivity index (χ1v) is 9.12. The predicted octanol–water partition coefficient (Wildman–Crippen LogP) is 3.56. The number of hydrogen-bond donors (Lipinski definition) is 1. The molecule has 1 aliphatic heterocycles. The quantitative estimate of drug-likeness (QED) is 0.816. The van der Waals surface area contributed by atoms with Crippen LogP contribution in [0.1, 0.15) is 61.8 Å². The van der Waals surface area contributed by atoms with Crippen molar-refractivity contribution in [2.75, 3.05) is 20.2 Å². The zero-order valence-electron chi connectivity index (χ0n) is 17.8. The van der Waals surface area contributed by atoms with Gasteiger partial charge in [0.1, 0.15) is 11.2 Å². The third-order valence-electron chi connectivity index (χ3n) is 3.85. The minimum Gasteiger partial charge on any atom is -0.444 e. The smallest absolute Gasteiger partial charge is 0.410 e. The summed E-state index contributed by atoms with van der Waals surface area (Å²) in [6.45, 7) is 16.2.